The van der Waals surface area contributed by atoms with Crippen molar-refractivity contribution in [2.75, 3.05) is 14.7 Å². The standard InChI is InChI=1S/C66H40B3N3O4/c1-5-21-41(22-6-1)70(42-23-7-2-8-24-42)45-37-50-60-51(38-45)72(44-27-11-4-12-28-44)53-40-59-64-66(76-57-36-20-16-32-49(57)68(64)47-30-14-18-34-55(47)74-59)62(53)69(60)61-52(71(50)43-25-9-3-10-26-43)39-58-63-65(61)75-56-35-19-15-31-48(56)67(63)46-29-13-17-33-54(46)73-58/h1-40H/i13D,14D,15D,16D,17D,18D,19D,20D,29D,30D,31D,32D,33D,34D,37D,38D,39D,40D. The molecule has 0 saturated carbocycles. The van der Waals surface area contributed by atoms with Crippen molar-refractivity contribution in [1.29, 1.82) is 0 Å². The van der Waals surface area contributed by atoms with E-state index in [0.717, 1.165) is 0 Å². The summed E-state index contributed by atoms with van der Waals surface area (Å²) in [5.41, 5.74) is 1.63. The first-order valence-corrected chi connectivity index (χ1v) is 24.5. The summed E-state index contributed by atoms with van der Waals surface area (Å²) in [5.74, 6) is -1.93. The van der Waals surface area contributed by atoms with Crippen LogP contribution < -0.4 is 82.8 Å². The summed E-state index contributed by atoms with van der Waals surface area (Å²) in [4.78, 5) is 5.13. The molecule has 0 spiro atoms. The number of fused-ring (bicyclic) bond motifs is 14. The zero-order valence-corrected chi connectivity index (χ0v) is 39.4. The highest BCUT2D eigenvalue weighted by atomic mass is 16.5. The van der Waals surface area contributed by atoms with Crippen molar-refractivity contribution in [2.24, 2.45) is 0 Å². The lowest BCUT2D eigenvalue weighted by Gasteiger charge is -2.47. The van der Waals surface area contributed by atoms with E-state index >= 15 is 0 Å². The third-order valence-corrected chi connectivity index (χ3v) is 14.9. The Kier molecular flexibility index (Phi) is 5.85. The van der Waals surface area contributed by atoms with E-state index in [1.54, 1.807) is 75.4 Å². The molecule has 0 saturated heterocycles. The number of rotatable bonds is 5. The highest BCUT2D eigenvalue weighted by Crippen LogP contribution is 2.52. The fourth-order valence-electron chi connectivity index (χ4n) is 11.9. The first-order chi connectivity index (χ1) is 45.2. The maximum atomic E-state index is 11.2. The summed E-state index contributed by atoms with van der Waals surface area (Å²) in [6, 6.07) is 29.1. The fourth-order valence-corrected chi connectivity index (χ4v) is 11.9. The van der Waals surface area contributed by atoms with E-state index < -0.39 is 117 Å². The summed E-state index contributed by atoms with van der Waals surface area (Å²) in [5, 5.41) is 0. The van der Waals surface area contributed by atoms with Gasteiger partial charge < -0.3 is 33.6 Å². The predicted molar refractivity (Wildman–Crippen MR) is 311 cm³/mol. The molecule has 0 bridgehead atoms. The van der Waals surface area contributed by atoms with Gasteiger partial charge in [-0.3, -0.25) is 0 Å². The van der Waals surface area contributed by atoms with E-state index in [9.17, 15) is 13.7 Å². The number of hydrogen-bond donors (Lipinski definition) is 0. The molecule has 6 aliphatic rings. The molecule has 0 amide bonds. The van der Waals surface area contributed by atoms with Gasteiger partial charge in [-0.2, -0.15) is 0 Å². The summed E-state index contributed by atoms with van der Waals surface area (Å²) >= 11 is 0. The molecule has 0 fully saturated rings. The largest absolute Gasteiger partial charge is 0.459 e. The predicted octanol–water partition coefficient (Wildman–Crippen LogP) is 10.7. The molecule has 11 aromatic rings. The van der Waals surface area contributed by atoms with Crippen LogP contribution >= 0.6 is 0 Å². The molecule has 0 unspecified atom stereocenters. The summed E-state index contributed by atoms with van der Waals surface area (Å²) in [7, 11) is 0. The molecular weight excluding hydrogens is 931 g/mol. The van der Waals surface area contributed by atoms with Gasteiger partial charge in [0.15, 0.2) is 0 Å². The normalized spacial score (nSPS) is 17.1. The zero-order valence-electron chi connectivity index (χ0n) is 57.4. The Morgan fingerprint density at radius 3 is 1.14 bits per heavy atom. The topological polar surface area (TPSA) is 46.6 Å². The summed E-state index contributed by atoms with van der Waals surface area (Å²) in [6.45, 7) is -4.49. The van der Waals surface area contributed by atoms with Gasteiger partial charge in [-0.15, -0.1) is 0 Å². The minimum Gasteiger partial charge on any atom is -0.459 e. The van der Waals surface area contributed by atoms with E-state index in [1.807, 2.05) is 60.7 Å². The van der Waals surface area contributed by atoms with Gasteiger partial charge in [-0.05, 0) is 123 Å². The van der Waals surface area contributed by atoms with E-state index in [2.05, 4.69) is 0 Å². The van der Waals surface area contributed by atoms with Crippen molar-refractivity contribution < 1.29 is 43.6 Å². The lowest BCUT2D eigenvalue weighted by atomic mass is 9.29. The molecule has 0 radical (unpaired) electrons. The molecule has 0 atom stereocenters. The monoisotopic (exact) mass is 989 g/mol. The van der Waals surface area contributed by atoms with Crippen molar-refractivity contribution in [1.82, 2.24) is 0 Å². The summed E-state index contributed by atoms with van der Waals surface area (Å²) in [6.07, 6.45) is 0. The molecule has 7 nitrogen and oxygen atoms in total. The molecule has 11 aromatic carbocycles. The number of nitrogens with zero attached hydrogens (tertiary/aromatic N) is 3. The lowest BCUT2D eigenvalue weighted by Crippen LogP contribution is -2.66. The Morgan fingerprint density at radius 2 is 0.697 bits per heavy atom. The Labute approximate surface area is 465 Å². The number of benzene rings is 11. The molecule has 352 valence electrons. The van der Waals surface area contributed by atoms with Crippen molar-refractivity contribution in [3.05, 3.63) is 242 Å². The second kappa shape index (κ2) is 15.9. The van der Waals surface area contributed by atoms with Gasteiger partial charge >= 0.3 is 0 Å². The highest BCUT2D eigenvalue weighted by molar-refractivity contribution is 7.05. The fraction of sp³-hybridized carbons (Fsp3) is 0. The third-order valence-electron chi connectivity index (χ3n) is 14.9. The van der Waals surface area contributed by atoms with Gasteiger partial charge in [0, 0.05) is 68.5 Å². The van der Waals surface area contributed by atoms with Crippen LogP contribution in [0.5, 0.6) is 46.0 Å². The van der Waals surface area contributed by atoms with Gasteiger partial charge in [0.05, 0.1) is 30.4 Å². The first-order valence-electron chi connectivity index (χ1n) is 33.5. The SMILES string of the molecule is [2H]c1cc2c(c([2H])c1[2H])B1c3c([2H])c([2H])c([2H])c([2H])c3Oc3c([2H])c4c(c(c31)O2)B1c2c3c5c(c([2H])c2N(c2ccccc2)c2c([2H])c(N(c6ccccc6)c6ccccc6)c([2H])c(c21)N4c1ccccc1)Oc1c([2H])c([2H])c([2H])c([2H])c1B5c1c(cc([2H])c([2H])c1[2H])O3. The van der Waals surface area contributed by atoms with Crippen molar-refractivity contribution in [3.63, 3.8) is 0 Å². The quantitative estimate of drug-likeness (QED) is 0.159. The third kappa shape index (κ3) is 5.81. The second-order valence-electron chi connectivity index (χ2n) is 18.8. The number of para-hydroxylation sites is 8. The molecule has 0 aliphatic carbocycles. The van der Waals surface area contributed by atoms with Crippen LogP contribution in [0.25, 0.3) is 0 Å². The van der Waals surface area contributed by atoms with Crippen LogP contribution in [0.1, 0.15) is 24.7 Å². The number of anilines is 9. The Morgan fingerprint density at radius 1 is 0.316 bits per heavy atom. The zero-order chi connectivity index (χ0) is 65.3. The average Bonchev–Trinajstić information content (AvgIpc) is 0.660. The maximum Gasteiger partial charge on any atom is 0.261 e. The first kappa shape index (κ1) is 28.0. The van der Waals surface area contributed by atoms with E-state index in [-0.39, 0.29) is 136 Å². The number of hydrogen-bond acceptors (Lipinski definition) is 7. The smallest absolute Gasteiger partial charge is 0.261 e. The van der Waals surface area contributed by atoms with Crippen molar-refractivity contribution in [3.8, 4) is 46.0 Å². The van der Waals surface area contributed by atoms with E-state index in [1.165, 1.54) is 12.1 Å². The van der Waals surface area contributed by atoms with Crippen LogP contribution in [-0.2, 0) is 0 Å². The average molecular weight is 990 g/mol. The van der Waals surface area contributed by atoms with Crippen LogP contribution in [0.4, 0.5) is 51.2 Å². The van der Waals surface area contributed by atoms with E-state index in [4.69, 9.17) is 29.9 Å². The maximum absolute atomic E-state index is 11.2. The van der Waals surface area contributed by atoms with Crippen molar-refractivity contribution in [2.45, 2.75) is 0 Å². The Bertz CT molecular complexity index is 5000. The van der Waals surface area contributed by atoms with Gasteiger partial charge in [-0.25, -0.2) is 0 Å². The summed E-state index contributed by atoms with van der Waals surface area (Å²) < 4.78 is 202. The molecule has 6 aliphatic heterocycles. The van der Waals surface area contributed by atoms with Crippen LogP contribution in [0.3, 0.4) is 0 Å². The van der Waals surface area contributed by atoms with E-state index in [0.29, 0.717) is 22.7 Å². The Hall–Kier alpha value is -9.79. The van der Waals surface area contributed by atoms with Crippen LogP contribution in [0.2, 0.25) is 0 Å². The van der Waals surface area contributed by atoms with Gasteiger partial charge in [0.2, 0.25) is 0 Å². The molecule has 17 rings (SSSR count). The molecule has 76 heavy (non-hydrogen) atoms. The second-order valence-corrected chi connectivity index (χ2v) is 18.8. The van der Waals surface area contributed by atoms with Crippen LogP contribution in [0, 0.1) is 0 Å². The van der Waals surface area contributed by atoms with Gasteiger partial charge in [0.25, 0.3) is 20.1 Å². The van der Waals surface area contributed by atoms with Gasteiger partial charge in [-0.1, -0.05) is 145 Å². The minimum absolute atomic E-state index is 0.0162. The molecule has 6 heterocycles. The van der Waals surface area contributed by atoms with Crippen molar-refractivity contribution >= 4 is 120 Å². The molecular formula is C66H40B3N3O4. The molecule has 0 N–H and O–H groups in total. The number of ether oxygens (including phenoxy) is 4. The van der Waals surface area contributed by atoms with Gasteiger partial charge in [0.1, 0.15) is 46.0 Å². The highest BCUT2D eigenvalue weighted by Gasteiger charge is 2.53. The van der Waals surface area contributed by atoms with Crippen LogP contribution in [0.15, 0.2) is 242 Å². The van der Waals surface area contributed by atoms with Crippen LogP contribution in [-0.4, -0.2) is 20.1 Å². The minimum atomic E-state index is -1.54. The Balaban J connectivity index is 1.12. The molecule has 10 heteroatoms. The lowest BCUT2D eigenvalue weighted by molar-refractivity contribution is 0.466. The molecule has 0 aromatic heterocycles.